The minimum atomic E-state index is 0. The molecule has 0 aliphatic rings. The standard InChI is InChI=1S/C13H15.2HI.Ti/c1-10(2)7-11-8-12-5-3-4-6-13(12)9-11;;;/h3-6,8-10H,7H2,1-2H3;2*1H;/q-1;;;+3/p-2. The van der Waals surface area contributed by atoms with E-state index in [9.17, 15) is 0 Å². The third-order valence-corrected chi connectivity index (χ3v) is 2.32. The van der Waals surface area contributed by atoms with Crippen LogP contribution < -0.4 is 48.0 Å². The summed E-state index contributed by atoms with van der Waals surface area (Å²) in [6.07, 6.45) is 1.19. The Morgan fingerprint density at radius 2 is 1.75 bits per heavy atom. The molecule has 0 bridgehead atoms. The van der Waals surface area contributed by atoms with E-state index in [2.05, 4.69) is 50.2 Å². The van der Waals surface area contributed by atoms with Crippen molar-refractivity contribution >= 4 is 10.8 Å². The second-order valence-electron chi connectivity index (χ2n) is 4.09. The molecule has 1 radical (unpaired) electrons. The summed E-state index contributed by atoms with van der Waals surface area (Å²) in [5.41, 5.74) is 1.47. The van der Waals surface area contributed by atoms with Crippen LogP contribution in [-0.4, -0.2) is 0 Å². The minimum Gasteiger partial charge on any atom is -1.00 e. The SMILES string of the molecule is CC(C)Cc1cc2ccccc2[cH-]1.[I-].[I-].[Ti+3]. The van der Waals surface area contributed by atoms with E-state index in [1.165, 1.54) is 22.8 Å². The molecule has 16 heavy (non-hydrogen) atoms. The summed E-state index contributed by atoms with van der Waals surface area (Å²) in [6.45, 7) is 4.52. The Morgan fingerprint density at radius 1 is 1.12 bits per heavy atom. The van der Waals surface area contributed by atoms with Crippen LogP contribution in [0.5, 0.6) is 0 Å². The maximum Gasteiger partial charge on any atom is 3.00 e. The monoisotopic (exact) mass is 473 g/mol. The summed E-state index contributed by atoms with van der Waals surface area (Å²) in [6, 6.07) is 13.2. The molecule has 0 aliphatic carbocycles. The largest absolute Gasteiger partial charge is 3.00 e. The zero-order valence-corrected chi connectivity index (χ0v) is 15.4. The van der Waals surface area contributed by atoms with Gasteiger partial charge in [-0.05, 0) is 12.3 Å². The normalized spacial score (nSPS) is 9.19. The van der Waals surface area contributed by atoms with Gasteiger partial charge in [0.25, 0.3) is 0 Å². The van der Waals surface area contributed by atoms with Gasteiger partial charge in [-0.2, -0.15) is 6.07 Å². The van der Waals surface area contributed by atoms with Gasteiger partial charge in [0.05, 0.1) is 0 Å². The Balaban J connectivity index is 0. The molecule has 0 saturated carbocycles. The molecule has 0 nitrogen and oxygen atoms in total. The summed E-state index contributed by atoms with van der Waals surface area (Å²) in [5, 5.41) is 2.75. The summed E-state index contributed by atoms with van der Waals surface area (Å²) in [7, 11) is 0. The number of benzene rings is 1. The predicted molar refractivity (Wildman–Crippen MR) is 58.1 cm³/mol. The van der Waals surface area contributed by atoms with Crippen molar-refractivity contribution in [3.05, 3.63) is 42.0 Å². The van der Waals surface area contributed by atoms with Crippen molar-refractivity contribution in [3.63, 3.8) is 0 Å². The van der Waals surface area contributed by atoms with Crippen LogP contribution in [0.3, 0.4) is 0 Å². The molecular weight excluding hydrogens is 458 g/mol. The van der Waals surface area contributed by atoms with Crippen molar-refractivity contribution < 1.29 is 69.7 Å². The van der Waals surface area contributed by atoms with Gasteiger partial charge in [0.1, 0.15) is 0 Å². The molecule has 0 aliphatic heterocycles. The molecule has 0 heterocycles. The second kappa shape index (κ2) is 9.00. The van der Waals surface area contributed by atoms with Crippen LogP contribution in [0.2, 0.25) is 0 Å². The molecule has 3 heteroatoms. The van der Waals surface area contributed by atoms with Crippen molar-refractivity contribution in [2.45, 2.75) is 20.3 Å². The Kier molecular flexibility index (Phi) is 10.9. The van der Waals surface area contributed by atoms with Crippen LogP contribution >= 0.6 is 0 Å². The zero-order chi connectivity index (χ0) is 9.26. The van der Waals surface area contributed by atoms with Gasteiger partial charge >= 0.3 is 21.7 Å². The number of hydrogen-bond acceptors (Lipinski definition) is 0. The summed E-state index contributed by atoms with van der Waals surface area (Å²) in [5.74, 6) is 0.747. The summed E-state index contributed by atoms with van der Waals surface area (Å²) >= 11 is 0. The molecule has 0 fully saturated rings. The molecule has 85 valence electrons. The Morgan fingerprint density at radius 3 is 2.31 bits per heavy atom. The third-order valence-electron chi connectivity index (χ3n) is 2.32. The average molecular weight is 473 g/mol. The van der Waals surface area contributed by atoms with E-state index in [-0.39, 0.29) is 69.7 Å². The Labute approximate surface area is 147 Å². The molecule has 2 aromatic carbocycles. The number of fused-ring (bicyclic) bond motifs is 1. The number of halogens is 2. The first kappa shape index (κ1) is 19.3. The van der Waals surface area contributed by atoms with E-state index in [0.29, 0.717) is 0 Å². The molecule has 0 N–H and O–H groups in total. The van der Waals surface area contributed by atoms with E-state index in [1.807, 2.05) is 0 Å². The molecular formula is C13H15I2Ti. The van der Waals surface area contributed by atoms with Crippen molar-refractivity contribution in [3.8, 4) is 0 Å². The average Bonchev–Trinajstić information content (AvgIpc) is 2.44. The molecule has 2 rings (SSSR count). The topological polar surface area (TPSA) is 0 Å². The fourth-order valence-corrected chi connectivity index (χ4v) is 1.80. The summed E-state index contributed by atoms with van der Waals surface area (Å²) in [4.78, 5) is 0. The van der Waals surface area contributed by atoms with Crippen LogP contribution in [-0.2, 0) is 28.1 Å². The predicted octanol–water partition coefficient (Wildman–Crippen LogP) is -2.24. The van der Waals surface area contributed by atoms with Crippen molar-refractivity contribution in [2.24, 2.45) is 5.92 Å². The third kappa shape index (κ3) is 5.11. The van der Waals surface area contributed by atoms with Gasteiger partial charge in [0.15, 0.2) is 0 Å². The van der Waals surface area contributed by atoms with Crippen molar-refractivity contribution in [2.75, 3.05) is 0 Å². The van der Waals surface area contributed by atoms with Crippen LogP contribution in [0.15, 0.2) is 36.4 Å². The Bertz CT molecular complexity index is 374. The van der Waals surface area contributed by atoms with E-state index in [4.69, 9.17) is 0 Å². The van der Waals surface area contributed by atoms with Gasteiger partial charge in [-0.1, -0.05) is 19.9 Å². The quantitative estimate of drug-likeness (QED) is 0.264. The zero-order valence-electron chi connectivity index (χ0n) is 9.50. The van der Waals surface area contributed by atoms with E-state index < -0.39 is 0 Å². The van der Waals surface area contributed by atoms with E-state index >= 15 is 0 Å². The molecule has 2 aromatic rings. The minimum absolute atomic E-state index is 0. The molecule has 0 spiro atoms. The molecule has 0 saturated heterocycles. The first-order chi connectivity index (χ1) is 6.25. The van der Waals surface area contributed by atoms with Crippen LogP contribution in [0.4, 0.5) is 0 Å². The van der Waals surface area contributed by atoms with Gasteiger partial charge < -0.3 is 48.0 Å². The maximum absolute atomic E-state index is 2.30. The summed E-state index contributed by atoms with van der Waals surface area (Å²) < 4.78 is 0. The van der Waals surface area contributed by atoms with Gasteiger partial charge in [0.2, 0.25) is 0 Å². The fourth-order valence-electron chi connectivity index (χ4n) is 1.80. The molecule has 0 aromatic heterocycles. The smallest absolute Gasteiger partial charge is 1.00 e. The maximum atomic E-state index is 2.30. The van der Waals surface area contributed by atoms with Gasteiger partial charge in [-0.3, -0.25) is 0 Å². The van der Waals surface area contributed by atoms with Crippen molar-refractivity contribution in [1.82, 2.24) is 0 Å². The van der Waals surface area contributed by atoms with Gasteiger partial charge in [0, 0.05) is 0 Å². The first-order valence-corrected chi connectivity index (χ1v) is 4.90. The van der Waals surface area contributed by atoms with Crippen LogP contribution in [0.1, 0.15) is 19.4 Å². The molecule has 0 amide bonds. The first-order valence-electron chi connectivity index (χ1n) is 4.90. The number of hydrogen-bond donors (Lipinski definition) is 0. The Hall–Kier alpha value is 1.00. The van der Waals surface area contributed by atoms with Crippen molar-refractivity contribution in [1.29, 1.82) is 0 Å². The van der Waals surface area contributed by atoms with E-state index in [1.54, 1.807) is 0 Å². The fraction of sp³-hybridized carbons (Fsp3) is 0.308. The molecule has 0 atom stereocenters. The van der Waals surface area contributed by atoms with Gasteiger partial charge in [-0.25, -0.2) is 0 Å². The number of rotatable bonds is 2. The second-order valence-corrected chi connectivity index (χ2v) is 4.09. The van der Waals surface area contributed by atoms with Crippen LogP contribution in [0, 0.1) is 5.92 Å². The van der Waals surface area contributed by atoms with Gasteiger partial charge in [-0.15, -0.1) is 40.6 Å². The molecule has 0 unspecified atom stereocenters. The van der Waals surface area contributed by atoms with E-state index in [0.717, 1.165) is 5.92 Å². The van der Waals surface area contributed by atoms with Crippen LogP contribution in [0.25, 0.3) is 10.8 Å².